The minimum atomic E-state index is -0.633. The van der Waals surface area contributed by atoms with Crippen LogP contribution in [0.3, 0.4) is 0 Å². The molecule has 9 nitrogen and oxygen atoms in total. The molecule has 0 atom stereocenters. The molecule has 0 spiro atoms. The van der Waals surface area contributed by atoms with E-state index in [1.165, 1.54) is 30.3 Å². The number of carbonyl (C=O) groups is 3. The summed E-state index contributed by atoms with van der Waals surface area (Å²) in [5.74, 6) is -0.451. The van der Waals surface area contributed by atoms with Gasteiger partial charge < -0.3 is 9.47 Å². The second kappa shape index (κ2) is 11.0. The predicted molar refractivity (Wildman–Crippen MR) is 128 cm³/mol. The number of amides is 2. The Labute approximate surface area is 204 Å². The Morgan fingerprint density at radius 2 is 1.94 bits per heavy atom. The van der Waals surface area contributed by atoms with Crippen LogP contribution >= 0.6 is 23.4 Å². The highest BCUT2D eigenvalue weighted by atomic mass is 35.5. The molecule has 2 amide bonds. The average molecular weight is 503 g/mol. The van der Waals surface area contributed by atoms with E-state index in [2.05, 4.69) is 6.58 Å². The van der Waals surface area contributed by atoms with Crippen LogP contribution in [0.1, 0.15) is 22.8 Å². The van der Waals surface area contributed by atoms with Crippen LogP contribution in [0.15, 0.2) is 54.0 Å². The molecule has 1 heterocycles. The molecular weight excluding hydrogens is 484 g/mol. The number of non-ortho nitro benzene ring substituents is 1. The van der Waals surface area contributed by atoms with Crippen LogP contribution in [0, 0.1) is 10.1 Å². The third-order valence-electron chi connectivity index (χ3n) is 4.55. The number of thioether (sulfide) groups is 1. The van der Waals surface area contributed by atoms with Gasteiger partial charge in [-0.25, -0.2) is 0 Å². The number of nitro groups is 1. The molecule has 1 saturated heterocycles. The number of hydrogen-bond acceptors (Lipinski definition) is 8. The van der Waals surface area contributed by atoms with E-state index in [-0.39, 0.29) is 27.8 Å². The molecule has 0 N–H and O–H groups in total. The van der Waals surface area contributed by atoms with E-state index in [1.54, 1.807) is 25.1 Å². The van der Waals surface area contributed by atoms with Crippen molar-refractivity contribution in [1.82, 2.24) is 4.90 Å². The van der Waals surface area contributed by atoms with E-state index >= 15 is 0 Å². The smallest absolute Gasteiger partial charge is 0.293 e. The number of imide groups is 1. The first-order valence-electron chi connectivity index (χ1n) is 9.98. The lowest BCUT2D eigenvalue weighted by Gasteiger charge is -2.13. The van der Waals surface area contributed by atoms with Gasteiger partial charge in [0.1, 0.15) is 6.61 Å². The van der Waals surface area contributed by atoms with Gasteiger partial charge in [0.25, 0.3) is 16.8 Å². The van der Waals surface area contributed by atoms with Crippen molar-refractivity contribution in [2.45, 2.75) is 6.92 Å². The van der Waals surface area contributed by atoms with Crippen molar-refractivity contribution in [3.8, 4) is 11.5 Å². The van der Waals surface area contributed by atoms with Crippen molar-refractivity contribution in [3.05, 3.63) is 80.2 Å². The number of ether oxygens (including phenoxy) is 2. The Kier molecular flexibility index (Phi) is 8.08. The summed E-state index contributed by atoms with van der Waals surface area (Å²) in [6, 6.07) is 8.12. The summed E-state index contributed by atoms with van der Waals surface area (Å²) < 4.78 is 11.1. The van der Waals surface area contributed by atoms with Gasteiger partial charge in [0.05, 0.1) is 28.0 Å². The van der Waals surface area contributed by atoms with Gasteiger partial charge in [-0.1, -0.05) is 24.3 Å². The van der Waals surface area contributed by atoms with Crippen molar-refractivity contribution >= 4 is 52.1 Å². The van der Waals surface area contributed by atoms with E-state index in [9.17, 15) is 24.5 Å². The maximum Gasteiger partial charge on any atom is 0.293 e. The van der Waals surface area contributed by atoms with Crippen molar-refractivity contribution in [1.29, 1.82) is 0 Å². The molecule has 1 aliphatic rings. The summed E-state index contributed by atoms with van der Waals surface area (Å²) in [6.45, 7) is 5.48. The molecule has 176 valence electrons. The van der Waals surface area contributed by atoms with Crippen LogP contribution in [-0.4, -0.2) is 46.5 Å². The fourth-order valence-electron chi connectivity index (χ4n) is 3.01. The molecule has 0 aromatic heterocycles. The zero-order chi connectivity index (χ0) is 24.8. The quantitative estimate of drug-likeness (QED) is 0.144. The minimum absolute atomic E-state index is 0.111. The topological polar surface area (TPSA) is 116 Å². The third-order valence-corrected chi connectivity index (χ3v) is 5.74. The van der Waals surface area contributed by atoms with Crippen LogP contribution in [0.5, 0.6) is 11.5 Å². The molecule has 1 aliphatic heterocycles. The first kappa shape index (κ1) is 25.0. The monoisotopic (exact) mass is 502 g/mol. The molecule has 1 fully saturated rings. The Morgan fingerprint density at radius 1 is 1.24 bits per heavy atom. The summed E-state index contributed by atoms with van der Waals surface area (Å²) in [5.41, 5.74) is 0.486. The maximum absolute atomic E-state index is 12.8. The second-order valence-corrected chi connectivity index (χ2v) is 8.26. The van der Waals surface area contributed by atoms with Gasteiger partial charge in [-0.2, -0.15) is 0 Å². The Morgan fingerprint density at radius 3 is 2.56 bits per heavy atom. The minimum Gasteiger partial charge on any atom is -0.490 e. The predicted octanol–water partition coefficient (Wildman–Crippen LogP) is 5.13. The lowest BCUT2D eigenvalue weighted by Crippen LogP contribution is -2.33. The normalized spacial score (nSPS) is 14.4. The number of Topliss-reactive ketones (excluding diaryl/α,β-unsaturated/α-hetero) is 1. The molecule has 0 unspecified atom stereocenters. The van der Waals surface area contributed by atoms with Crippen LogP contribution in [0.25, 0.3) is 6.08 Å². The van der Waals surface area contributed by atoms with Crippen molar-refractivity contribution in [2.24, 2.45) is 0 Å². The van der Waals surface area contributed by atoms with E-state index < -0.39 is 28.4 Å². The van der Waals surface area contributed by atoms with Crippen LogP contribution in [0.2, 0.25) is 5.02 Å². The highest BCUT2D eigenvalue weighted by Crippen LogP contribution is 2.39. The van der Waals surface area contributed by atoms with Gasteiger partial charge in [0, 0.05) is 17.7 Å². The lowest BCUT2D eigenvalue weighted by atomic mass is 10.1. The van der Waals surface area contributed by atoms with Gasteiger partial charge in [-0.05, 0) is 54.6 Å². The molecule has 34 heavy (non-hydrogen) atoms. The summed E-state index contributed by atoms with van der Waals surface area (Å²) >= 11 is 7.02. The number of rotatable bonds is 10. The largest absolute Gasteiger partial charge is 0.490 e. The van der Waals surface area contributed by atoms with Crippen LogP contribution in [-0.2, 0) is 4.79 Å². The molecule has 0 radical (unpaired) electrons. The van der Waals surface area contributed by atoms with Crippen molar-refractivity contribution in [3.63, 3.8) is 0 Å². The molecule has 2 aromatic carbocycles. The summed E-state index contributed by atoms with van der Waals surface area (Å²) in [6.07, 6.45) is 3.04. The molecular formula is C23H19ClN2O7S. The van der Waals surface area contributed by atoms with E-state index in [0.29, 0.717) is 35.4 Å². The highest BCUT2D eigenvalue weighted by molar-refractivity contribution is 8.18. The van der Waals surface area contributed by atoms with E-state index in [4.69, 9.17) is 21.1 Å². The third kappa shape index (κ3) is 5.64. The lowest BCUT2D eigenvalue weighted by molar-refractivity contribution is -0.384. The van der Waals surface area contributed by atoms with Crippen molar-refractivity contribution in [2.75, 3.05) is 19.8 Å². The van der Waals surface area contributed by atoms with Crippen molar-refractivity contribution < 1.29 is 28.8 Å². The first-order chi connectivity index (χ1) is 16.2. The SMILES string of the molecule is C=CCOc1c(Cl)cc(/C=C2/SC(=O)N(CC(=O)c3ccc([N+](=O)[O-])cc3)C2=O)cc1OCC. The molecule has 0 aliphatic carbocycles. The number of benzene rings is 2. The van der Waals surface area contributed by atoms with Crippen LogP contribution in [0.4, 0.5) is 10.5 Å². The van der Waals surface area contributed by atoms with Gasteiger partial charge in [0.2, 0.25) is 0 Å². The number of ketones is 1. The van der Waals surface area contributed by atoms with Gasteiger partial charge in [0.15, 0.2) is 17.3 Å². The Balaban J connectivity index is 1.80. The number of halogens is 1. The zero-order valence-electron chi connectivity index (χ0n) is 18.0. The molecule has 2 aromatic rings. The van der Waals surface area contributed by atoms with E-state index in [0.717, 1.165) is 4.90 Å². The standard InChI is InChI=1S/C23H19ClN2O7S/c1-3-9-33-21-17(24)10-14(11-19(21)32-4-2)12-20-22(28)25(23(29)34-20)13-18(27)15-5-7-16(8-6-15)26(30)31/h3,5-8,10-12H,1,4,9,13H2,2H3/b20-12+. The molecule has 3 rings (SSSR count). The van der Waals surface area contributed by atoms with Gasteiger partial charge in [-0.15, -0.1) is 0 Å². The Bertz CT molecular complexity index is 1190. The zero-order valence-corrected chi connectivity index (χ0v) is 19.6. The fraction of sp³-hybridized carbons (Fsp3) is 0.174. The Hall–Kier alpha value is -3.63. The number of nitro benzene ring substituents is 1. The molecule has 0 saturated carbocycles. The van der Waals surface area contributed by atoms with Gasteiger partial charge in [-0.3, -0.25) is 29.4 Å². The number of carbonyl (C=O) groups excluding carboxylic acids is 3. The van der Waals surface area contributed by atoms with Gasteiger partial charge >= 0.3 is 0 Å². The first-order valence-corrected chi connectivity index (χ1v) is 11.2. The second-order valence-electron chi connectivity index (χ2n) is 6.86. The average Bonchev–Trinajstić information content (AvgIpc) is 3.06. The summed E-state index contributed by atoms with van der Waals surface area (Å²) in [5, 5.41) is 10.4. The highest BCUT2D eigenvalue weighted by Gasteiger charge is 2.36. The fourth-order valence-corrected chi connectivity index (χ4v) is 4.12. The summed E-state index contributed by atoms with van der Waals surface area (Å²) in [7, 11) is 0. The van der Waals surface area contributed by atoms with E-state index in [1.807, 2.05) is 0 Å². The van der Waals surface area contributed by atoms with Crippen LogP contribution < -0.4 is 9.47 Å². The maximum atomic E-state index is 12.8. The number of nitrogens with zero attached hydrogens (tertiary/aromatic N) is 2. The summed E-state index contributed by atoms with van der Waals surface area (Å²) in [4.78, 5) is 48.9. The molecule has 0 bridgehead atoms. The molecule has 11 heteroatoms. The number of hydrogen-bond donors (Lipinski definition) is 0.